The van der Waals surface area contributed by atoms with Crippen LogP contribution in [0.15, 0.2) is 71.8 Å². The molecule has 0 saturated heterocycles. The number of allylic oxidation sites excluding steroid dienone is 3. The molecule has 0 fully saturated rings. The maximum absolute atomic E-state index is 12.8. The fraction of sp³-hybridized carbons (Fsp3) is 0.259. The van der Waals surface area contributed by atoms with Crippen molar-refractivity contribution in [2.75, 3.05) is 19.8 Å². The largest absolute Gasteiger partial charge is 0.489 e. The zero-order valence-corrected chi connectivity index (χ0v) is 19.5. The molecule has 0 bridgehead atoms. The van der Waals surface area contributed by atoms with Gasteiger partial charge in [0, 0.05) is 11.6 Å². The minimum Gasteiger partial charge on any atom is -0.489 e. The van der Waals surface area contributed by atoms with Crippen LogP contribution in [0.25, 0.3) is 6.08 Å². The SMILES string of the molecule is CC(C)=CCOc1ccc(/C=C/C(=O)c2ccccc2OCC(=O)O)c(OCC=C(C)C)c1. The third-order valence-electron chi connectivity index (χ3n) is 4.37. The lowest BCUT2D eigenvalue weighted by Crippen LogP contribution is -2.11. The topological polar surface area (TPSA) is 82.1 Å². The summed E-state index contributed by atoms with van der Waals surface area (Å²) in [4.78, 5) is 23.6. The highest BCUT2D eigenvalue weighted by atomic mass is 16.5. The van der Waals surface area contributed by atoms with Crippen molar-refractivity contribution < 1.29 is 28.9 Å². The Morgan fingerprint density at radius 3 is 2.18 bits per heavy atom. The molecule has 2 aromatic rings. The van der Waals surface area contributed by atoms with Crippen LogP contribution in [0.1, 0.15) is 43.6 Å². The Morgan fingerprint density at radius 1 is 0.848 bits per heavy atom. The van der Waals surface area contributed by atoms with Gasteiger partial charge in [-0.3, -0.25) is 4.79 Å². The predicted octanol–water partition coefficient (Wildman–Crippen LogP) is 5.74. The summed E-state index contributed by atoms with van der Waals surface area (Å²) in [7, 11) is 0. The van der Waals surface area contributed by atoms with E-state index in [9.17, 15) is 9.59 Å². The first-order valence-corrected chi connectivity index (χ1v) is 10.6. The second-order valence-corrected chi connectivity index (χ2v) is 7.76. The molecule has 6 heteroatoms. The average molecular weight is 451 g/mol. The van der Waals surface area contributed by atoms with Gasteiger partial charge >= 0.3 is 5.97 Å². The average Bonchev–Trinajstić information content (AvgIpc) is 2.76. The van der Waals surface area contributed by atoms with E-state index in [2.05, 4.69) is 0 Å². The Kier molecular flexibility index (Phi) is 9.96. The smallest absolute Gasteiger partial charge is 0.341 e. The van der Waals surface area contributed by atoms with Crippen LogP contribution >= 0.6 is 0 Å². The standard InChI is InChI=1S/C27H30O6/c1-19(2)13-15-31-22-11-9-21(26(17-22)32-16-14-20(3)4)10-12-24(28)23-7-5-6-8-25(23)33-18-27(29)30/h5-14,17H,15-16,18H2,1-4H3,(H,29,30)/b12-10+. The summed E-state index contributed by atoms with van der Waals surface area (Å²) in [6.07, 6.45) is 7.02. The van der Waals surface area contributed by atoms with Crippen molar-refractivity contribution in [1.82, 2.24) is 0 Å². The molecule has 6 nitrogen and oxygen atoms in total. The van der Waals surface area contributed by atoms with Gasteiger partial charge in [0.1, 0.15) is 30.5 Å². The number of carbonyl (C=O) groups excluding carboxylic acids is 1. The molecule has 0 aliphatic carbocycles. The van der Waals surface area contributed by atoms with Gasteiger partial charge in [-0.2, -0.15) is 0 Å². The number of carboxylic acid groups (broad SMARTS) is 1. The molecule has 174 valence electrons. The van der Waals surface area contributed by atoms with Gasteiger partial charge in [0.2, 0.25) is 0 Å². The van der Waals surface area contributed by atoms with Crippen molar-refractivity contribution in [2.45, 2.75) is 27.7 Å². The van der Waals surface area contributed by atoms with Gasteiger partial charge in [-0.1, -0.05) is 23.3 Å². The molecule has 0 aliphatic heterocycles. The van der Waals surface area contributed by atoms with Gasteiger partial charge in [-0.05, 0) is 76.3 Å². The summed E-state index contributed by atoms with van der Waals surface area (Å²) in [6, 6.07) is 12.0. The number of rotatable bonds is 12. The first-order chi connectivity index (χ1) is 15.8. The van der Waals surface area contributed by atoms with Crippen molar-refractivity contribution in [3.63, 3.8) is 0 Å². The Labute approximate surface area is 194 Å². The molecule has 0 amide bonds. The number of aliphatic carboxylic acids is 1. The van der Waals surface area contributed by atoms with Crippen LogP contribution in [-0.2, 0) is 4.79 Å². The zero-order chi connectivity index (χ0) is 24.2. The molecule has 0 spiro atoms. The summed E-state index contributed by atoms with van der Waals surface area (Å²) in [5.74, 6) is 0.0443. The molecule has 0 unspecified atom stereocenters. The number of carboxylic acids is 1. The maximum atomic E-state index is 12.8. The summed E-state index contributed by atoms with van der Waals surface area (Å²) in [5.41, 5.74) is 3.30. The van der Waals surface area contributed by atoms with Gasteiger partial charge in [0.25, 0.3) is 0 Å². The van der Waals surface area contributed by atoms with Crippen LogP contribution in [0, 0.1) is 0 Å². The van der Waals surface area contributed by atoms with E-state index >= 15 is 0 Å². The normalized spacial score (nSPS) is 10.4. The van der Waals surface area contributed by atoms with Crippen molar-refractivity contribution >= 4 is 17.8 Å². The summed E-state index contributed by atoms with van der Waals surface area (Å²) in [5, 5.41) is 8.84. The second kappa shape index (κ2) is 12.9. The number of hydrogen-bond acceptors (Lipinski definition) is 5. The number of benzene rings is 2. The molecule has 0 heterocycles. The van der Waals surface area contributed by atoms with Crippen molar-refractivity contribution in [1.29, 1.82) is 0 Å². The summed E-state index contributed by atoms with van der Waals surface area (Å²) in [6.45, 7) is 8.32. The number of ether oxygens (including phenoxy) is 3. The molecule has 33 heavy (non-hydrogen) atoms. The first kappa shape index (κ1) is 25.5. The van der Waals surface area contributed by atoms with Gasteiger partial charge in [0.15, 0.2) is 12.4 Å². The predicted molar refractivity (Wildman–Crippen MR) is 129 cm³/mol. The van der Waals surface area contributed by atoms with Crippen molar-refractivity contribution in [3.05, 3.63) is 83.0 Å². The minimum atomic E-state index is -1.11. The van der Waals surface area contributed by atoms with Gasteiger partial charge in [-0.15, -0.1) is 0 Å². The van der Waals surface area contributed by atoms with Crippen LogP contribution in [0.2, 0.25) is 0 Å². The van der Waals surface area contributed by atoms with E-state index in [1.165, 1.54) is 11.6 Å². The van der Waals surface area contributed by atoms with E-state index in [0.29, 0.717) is 30.3 Å². The van der Waals surface area contributed by atoms with Crippen LogP contribution in [-0.4, -0.2) is 36.7 Å². The van der Waals surface area contributed by atoms with E-state index in [1.54, 1.807) is 36.4 Å². The molecule has 2 aromatic carbocycles. The number of carbonyl (C=O) groups is 2. The third kappa shape index (κ3) is 9.07. The van der Waals surface area contributed by atoms with Crippen LogP contribution in [0.3, 0.4) is 0 Å². The van der Waals surface area contributed by atoms with Gasteiger partial charge in [0.05, 0.1) is 5.56 Å². The molecule has 0 aliphatic rings. The Morgan fingerprint density at radius 2 is 1.52 bits per heavy atom. The second-order valence-electron chi connectivity index (χ2n) is 7.76. The molecule has 0 saturated carbocycles. The van der Waals surface area contributed by atoms with Crippen LogP contribution < -0.4 is 14.2 Å². The fourth-order valence-corrected chi connectivity index (χ4v) is 2.66. The van der Waals surface area contributed by atoms with E-state index in [0.717, 1.165) is 5.57 Å². The van der Waals surface area contributed by atoms with Gasteiger partial charge in [-0.25, -0.2) is 4.79 Å². The Hall–Kier alpha value is -3.80. The monoisotopic (exact) mass is 450 g/mol. The lowest BCUT2D eigenvalue weighted by atomic mass is 10.1. The fourth-order valence-electron chi connectivity index (χ4n) is 2.66. The molecular formula is C27H30O6. The number of ketones is 1. The molecule has 0 atom stereocenters. The molecule has 2 rings (SSSR count). The molecule has 0 radical (unpaired) electrons. The third-order valence-corrected chi connectivity index (χ3v) is 4.37. The maximum Gasteiger partial charge on any atom is 0.341 e. The molecule has 1 N–H and O–H groups in total. The van der Waals surface area contributed by atoms with E-state index < -0.39 is 12.6 Å². The lowest BCUT2D eigenvalue weighted by molar-refractivity contribution is -0.139. The van der Waals surface area contributed by atoms with Gasteiger partial charge < -0.3 is 19.3 Å². The van der Waals surface area contributed by atoms with Crippen molar-refractivity contribution in [2.24, 2.45) is 0 Å². The highest BCUT2D eigenvalue weighted by Crippen LogP contribution is 2.27. The highest BCUT2D eigenvalue weighted by Gasteiger charge is 2.11. The van der Waals surface area contributed by atoms with Crippen LogP contribution in [0.4, 0.5) is 0 Å². The number of para-hydroxylation sites is 1. The quantitative estimate of drug-likeness (QED) is 0.252. The Bertz CT molecular complexity index is 1050. The van der Waals surface area contributed by atoms with E-state index in [1.807, 2.05) is 52.0 Å². The van der Waals surface area contributed by atoms with E-state index in [4.69, 9.17) is 19.3 Å². The summed E-state index contributed by atoms with van der Waals surface area (Å²) >= 11 is 0. The minimum absolute atomic E-state index is 0.220. The highest BCUT2D eigenvalue weighted by molar-refractivity contribution is 6.08. The van der Waals surface area contributed by atoms with Crippen LogP contribution in [0.5, 0.6) is 17.2 Å². The first-order valence-electron chi connectivity index (χ1n) is 10.6. The number of hydrogen-bond donors (Lipinski definition) is 1. The van der Waals surface area contributed by atoms with Crippen molar-refractivity contribution in [3.8, 4) is 17.2 Å². The molecule has 0 aromatic heterocycles. The molecular weight excluding hydrogens is 420 g/mol. The summed E-state index contributed by atoms with van der Waals surface area (Å²) < 4.78 is 16.9. The Balaban J connectivity index is 2.25. The van der Waals surface area contributed by atoms with E-state index in [-0.39, 0.29) is 17.1 Å². The zero-order valence-electron chi connectivity index (χ0n) is 19.5. The lowest BCUT2D eigenvalue weighted by Gasteiger charge is -2.11.